The molecule has 0 radical (unpaired) electrons. The average molecular weight is 1130 g/mol. The molecule has 7 rings (SSSR count). The second-order valence-electron chi connectivity index (χ2n) is 17.8. The first-order valence-electron chi connectivity index (χ1n) is 21.8. The zero-order chi connectivity index (χ0) is 57.9. The minimum atomic E-state index is -6.13. The van der Waals surface area contributed by atoms with Crippen molar-refractivity contribution >= 4 is 38.9 Å². The monoisotopic (exact) mass is 1130 g/mol. The molecule has 0 saturated heterocycles. The van der Waals surface area contributed by atoms with E-state index in [0.717, 1.165) is 6.54 Å². The average Bonchev–Trinajstić information content (AvgIpc) is 3.30. The lowest BCUT2D eigenvalue weighted by atomic mass is 9.12. The molecule has 26 heteroatoms. The number of rotatable bonds is 7. The van der Waals surface area contributed by atoms with Gasteiger partial charge in [0.25, 0.3) is 0 Å². The number of hydrogen-bond donors (Lipinski definition) is 0. The molecule has 1 nitrogen and oxygen atoms in total. The normalized spacial score (nSPS) is 13.5. The van der Waals surface area contributed by atoms with E-state index < -0.39 is 195 Å². The molecule has 0 spiro atoms. The van der Waals surface area contributed by atoms with E-state index >= 15 is 0 Å². The van der Waals surface area contributed by atoms with E-state index in [1.807, 2.05) is 0 Å². The van der Waals surface area contributed by atoms with Crippen LogP contribution in [-0.4, -0.2) is 6.15 Å². The number of halogens is 24. The number of pyridine rings is 1. The number of nitrogens with zero attached hydrogens (tertiary/aromatic N) is 1. The molecular formula is C51H32BF24N. The van der Waals surface area contributed by atoms with Crippen LogP contribution in [0, 0.1) is 0 Å². The summed E-state index contributed by atoms with van der Waals surface area (Å²) in [5.74, 6) is 0.592. The van der Waals surface area contributed by atoms with Gasteiger partial charge in [-0.05, 0) is 47.9 Å². The van der Waals surface area contributed by atoms with E-state index in [2.05, 4.69) is 85.3 Å². The number of benzene rings is 6. The van der Waals surface area contributed by atoms with Crippen LogP contribution in [0.2, 0.25) is 0 Å². The third kappa shape index (κ3) is 13.5. The summed E-state index contributed by atoms with van der Waals surface area (Å²) in [6.45, 7) is 5.38. The minimum Gasteiger partial charge on any atom is -0.194 e. The molecule has 1 aromatic heterocycles. The van der Waals surface area contributed by atoms with E-state index in [1.54, 1.807) is 0 Å². The Hall–Kier alpha value is -6.89. The molecule has 0 amide bonds. The molecule has 0 aliphatic carbocycles. The third-order valence-corrected chi connectivity index (χ3v) is 12.2. The van der Waals surface area contributed by atoms with Gasteiger partial charge in [-0.25, -0.2) is 0 Å². The number of fused-ring (bicyclic) bond motifs is 1. The van der Waals surface area contributed by atoms with E-state index in [4.69, 9.17) is 0 Å². The Labute approximate surface area is 419 Å². The van der Waals surface area contributed by atoms with Crippen LogP contribution in [0.4, 0.5) is 105 Å². The van der Waals surface area contributed by atoms with Crippen LogP contribution in [0.5, 0.6) is 0 Å². The van der Waals surface area contributed by atoms with Crippen molar-refractivity contribution in [2.75, 3.05) is 0 Å². The Morgan fingerprint density at radius 3 is 0.857 bits per heavy atom. The van der Waals surface area contributed by atoms with Gasteiger partial charge in [-0.2, -0.15) is 132 Å². The second-order valence-corrected chi connectivity index (χ2v) is 17.8. The Morgan fingerprint density at radius 2 is 0.597 bits per heavy atom. The van der Waals surface area contributed by atoms with Gasteiger partial charge in [0, 0.05) is 23.1 Å². The van der Waals surface area contributed by atoms with Crippen LogP contribution in [0.25, 0.3) is 10.9 Å². The SMILES string of the molecule is CC(C)c1ccc(C[n+]2cccc3ccccc32)cc1.FC(F)(F)c1cc([B-](c2cc(C(F)(F)F)cc(C(F)(F)F)c2)(c2cc(C(F)(F)F)cc(C(F)(F)F)c2)c2cc(C(F)(F)F)cc(C(F)(F)F)c2)cc(C(F)(F)F)c1. The Balaban J connectivity index is 0.000000397. The summed E-state index contributed by atoms with van der Waals surface area (Å²) in [6.07, 6.45) is -52.7. The Bertz CT molecular complexity index is 2800. The van der Waals surface area contributed by atoms with Crippen LogP contribution in [0.3, 0.4) is 0 Å². The van der Waals surface area contributed by atoms with Gasteiger partial charge in [-0.3, -0.25) is 0 Å². The first kappa shape index (κ1) is 59.4. The number of para-hydroxylation sites is 1. The number of hydrogen-bond acceptors (Lipinski definition) is 0. The van der Waals surface area contributed by atoms with Crippen molar-refractivity contribution in [3.05, 3.63) is 195 Å². The number of aromatic nitrogens is 1. The molecule has 77 heavy (non-hydrogen) atoms. The highest BCUT2D eigenvalue weighted by molar-refractivity contribution is 7.20. The zero-order valence-electron chi connectivity index (χ0n) is 38.7. The predicted octanol–water partition coefficient (Wildman–Crippen LogP) is 15.5. The molecule has 0 saturated carbocycles. The summed E-state index contributed by atoms with van der Waals surface area (Å²) < 4.78 is 343. The lowest BCUT2D eigenvalue weighted by Gasteiger charge is -2.46. The van der Waals surface area contributed by atoms with Gasteiger partial charge in [0.15, 0.2) is 12.7 Å². The molecule has 0 aliphatic heterocycles. The van der Waals surface area contributed by atoms with Crippen LogP contribution >= 0.6 is 0 Å². The smallest absolute Gasteiger partial charge is 0.194 e. The lowest BCUT2D eigenvalue weighted by molar-refractivity contribution is -0.662. The van der Waals surface area contributed by atoms with Gasteiger partial charge in [0.05, 0.1) is 44.5 Å². The van der Waals surface area contributed by atoms with Crippen molar-refractivity contribution < 1.29 is 110 Å². The Morgan fingerprint density at radius 1 is 0.338 bits per heavy atom. The molecular weight excluding hydrogens is 1090 g/mol. The molecule has 7 aromatic rings. The fourth-order valence-corrected chi connectivity index (χ4v) is 8.63. The molecule has 1 heterocycles. The van der Waals surface area contributed by atoms with Crippen molar-refractivity contribution in [1.29, 1.82) is 0 Å². The summed E-state index contributed by atoms with van der Waals surface area (Å²) in [7, 11) is 0. The van der Waals surface area contributed by atoms with Crippen LogP contribution in [0.15, 0.2) is 140 Å². The predicted molar refractivity (Wildman–Crippen MR) is 234 cm³/mol. The molecule has 0 bridgehead atoms. The van der Waals surface area contributed by atoms with Gasteiger partial charge >= 0.3 is 49.4 Å². The van der Waals surface area contributed by atoms with E-state index in [1.165, 1.54) is 22.0 Å². The van der Waals surface area contributed by atoms with E-state index in [0.29, 0.717) is 5.92 Å². The topological polar surface area (TPSA) is 3.88 Å². The number of alkyl halides is 24. The third-order valence-electron chi connectivity index (χ3n) is 12.2. The van der Waals surface area contributed by atoms with Crippen molar-refractivity contribution in [3.63, 3.8) is 0 Å². The summed E-state index contributed by atoms with van der Waals surface area (Å²) in [4.78, 5) is 0. The molecule has 6 aromatic carbocycles. The van der Waals surface area contributed by atoms with Gasteiger partial charge in [-0.15, -0.1) is 0 Å². The maximum absolute atomic E-state index is 14.2. The van der Waals surface area contributed by atoms with Crippen molar-refractivity contribution in [1.82, 2.24) is 0 Å². The summed E-state index contributed by atoms with van der Waals surface area (Å²) >= 11 is 0. The van der Waals surface area contributed by atoms with Crippen LogP contribution in [-0.2, 0) is 56.0 Å². The molecule has 412 valence electrons. The van der Waals surface area contributed by atoms with Gasteiger partial charge in [0.2, 0.25) is 5.52 Å². The fourth-order valence-electron chi connectivity index (χ4n) is 8.63. The highest BCUT2D eigenvalue weighted by Crippen LogP contribution is 2.41. The fraction of sp³-hybridized carbons (Fsp3) is 0.235. The Kier molecular flexibility index (Phi) is 15.8. The highest BCUT2D eigenvalue weighted by atomic mass is 19.4. The van der Waals surface area contributed by atoms with E-state index in [-0.39, 0.29) is 0 Å². The van der Waals surface area contributed by atoms with Gasteiger partial charge in [0.1, 0.15) is 6.15 Å². The maximum atomic E-state index is 14.2. The van der Waals surface area contributed by atoms with Gasteiger partial charge in [-0.1, -0.05) is 98.8 Å². The van der Waals surface area contributed by atoms with Crippen LogP contribution < -0.4 is 26.4 Å². The van der Waals surface area contributed by atoms with Crippen molar-refractivity contribution in [3.8, 4) is 0 Å². The molecule has 0 aliphatic rings. The molecule has 0 fully saturated rings. The van der Waals surface area contributed by atoms with Gasteiger partial charge < -0.3 is 0 Å². The maximum Gasteiger partial charge on any atom is 0.416 e. The van der Waals surface area contributed by atoms with Crippen LogP contribution in [0.1, 0.15) is 75.4 Å². The van der Waals surface area contributed by atoms with Crippen molar-refractivity contribution in [2.45, 2.75) is 75.7 Å². The largest absolute Gasteiger partial charge is 0.416 e. The summed E-state index contributed by atoms with van der Waals surface area (Å²) in [6, 6.07) is 13.0. The summed E-state index contributed by atoms with van der Waals surface area (Å²) in [5, 5.41) is 1.29. The first-order chi connectivity index (χ1) is 35.0. The molecule has 0 N–H and O–H groups in total. The first-order valence-corrected chi connectivity index (χ1v) is 21.8. The quantitative estimate of drug-likeness (QED) is 0.0851. The lowest BCUT2D eigenvalue weighted by Crippen LogP contribution is -2.75. The van der Waals surface area contributed by atoms with Crippen molar-refractivity contribution in [2.24, 2.45) is 0 Å². The highest BCUT2D eigenvalue weighted by Gasteiger charge is 2.47. The summed E-state index contributed by atoms with van der Waals surface area (Å²) in [5.41, 5.74) is -26.2. The zero-order valence-corrected chi connectivity index (χ0v) is 38.7. The van der Waals surface area contributed by atoms with E-state index in [9.17, 15) is 105 Å². The molecule has 0 atom stereocenters. The molecule has 0 unspecified atom stereocenters. The minimum absolute atomic E-state index is 0.592. The standard InChI is InChI=1S/C32H12BF24.C19H20N/c34-25(35,36)13-1-14(26(37,38)39)6-21(5-13)33(22-7-15(27(40,41)42)2-16(8-22)28(43,44)45,23-9-17(29(46,47)48)3-18(10-23)30(49,50)51)24-11-19(31(52,53)54)4-20(12-24)32(55,56)57;1-15(2)17-11-9-16(10-12-17)14-20-13-5-7-18-6-3-4-8-19(18)20/h1-12H;3-13,15H,14H2,1-2H3/q-1;+1. The second kappa shape index (κ2) is 20.5.